The molecule has 2 nitrogen and oxygen atoms in total. The van der Waals surface area contributed by atoms with E-state index in [4.69, 9.17) is 5.11 Å². The zero-order valence-electron chi connectivity index (χ0n) is 9.99. The van der Waals surface area contributed by atoms with Crippen LogP contribution in [0.2, 0.25) is 0 Å². The smallest absolute Gasteiger partial charge is 0.319 e. The molecule has 1 aromatic carbocycles. The van der Waals surface area contributed by atoms with Gasteiger partial charge in [0.1, 0.15) is 4.75 Å². The summed E-state index contributed by atoms with van der Waals surface area (Å²) in [6.45, 7) is 5.60. The molecule has 1 aromatic rings. The van der Waals surface area contributed by atoms with Crippen molar-refractivity contribution in [2.45, 2.75) is 37.7 Å². The molecule has 0 saturated heterocycles. The lowest BCUT2D eigenvalue weighted by Crippen LogP contribution is -2.27. The summed E-state index contributed by atoms with van der Waals surface area (Å²) in [4.78, 5) is 10.9. The Morgan fingerprint density at radius 1 is 1.25 bits per heavy atom. The number of carboxylic acid groups (broad SMARTS) is 1. The predicted molar refractivity (Wildman–Crippen MR) is 68.8 cm³/mol. The lowest BCUT2D eigenvalue weighted by Gasteiger charge is -2.18. The van der Waals surface area contributed by atoms with E-state index in [1.807, 2.05) is 0 Å². The van der Waals surface area contributed by atoms with Crippen molar-refractivity contribution in [3.8, 4) is 0 Å². The number of aliphatic carboxylic acids is 1. The van der Waals surface area contributed by atoms with Crippen LogP contribution in [0.1, 0.15) is 31.9 Å². The second-order valence-electron chi connectivity index (χ2n) is 4.27. The molecule has 0 bridgehead atoms. The highest BCUT2D eigenvalue weighted by Crippen LogP contribution is 2.28. The molecule has 0 aliphatic carbocycles. The minimum atomic E-state index is -0.761. The van der Waals surface area contributed by atoms with Crippen molar-refractivity contribution in [2.24, 2.45) is 0 Å². The Labute approximate surface area is 101 Å². The van der Waals surface area contributed by atoms with Crippen LogP contribution in [0.15, 0.2) is 24.3 Å². The van der Waals surface area contributed by atoms with E-state index in [1.54, 1.807) is 13.8 Å². The summed E-state index contributed by atoms with van der Waals surface area (Å²) in [7, 11) is 0. The topological polar surface area (TPSA) is 37.3 Å². The van der Waals surface area contributed by atoms with Gasteiger partial charge in [0.2, 0.25) is 0 Å². The Hall–Kier alpha value is -0.960. The summed E-state index contributed by atoms with van der Waals surface area (Å²) in [6.07, 6.45) is 1.04. The summed E-state index contributed by atoms with van der Waals surface area (Å²) in [6, 6.07) is 8.35. The second-order valence-corrected chi connectivity index (χ2v) is 5.87. The number of rotatable bonds is 5. The van der Waals surface area contributed by atoms with E-state index in [0.29, 0.717) is 0 Å². The van der Waals surface area contributed by atoms with E-state index in [-0.39, 0.29) is 0 Å². The first-order valence-corrected chi connectivity index (χ1v) is 6.39. The summed E-state index contributed by atoms with van der Waals surface area (Å²) >= 11 is 1.45. The largest absolute Gasteiger partial charge is 0.480 e. The third-order valence-corrected chi connectivity index (χ3v) is 3.92. The zero-order valence-corrected chi connectivity index (χ0v) is 10.8. The zero-order chi connectivity index (χ0) is 12.2. The monoisotopic (exact) mass is 238 g/mol. The van der Waals surface area contributed by atoms with Gasteiger partial charge >= 0.3 is 5.97 Å². The molecular weight excluding hydrogens is 220 g/mol. The highest BCUT2D eigenvalue weighted by Gasteiger charge is 2.27. The molecule has 0 fully saturated rings. The molecule has 0 atom stereocenters. The third kappa shape index (κ3) is 3.56. The van der Waals surface area contributed by atoms with Crippen molar-refractivity contribution in [3.63, 3.8) is 0 Å². The molecular formula is C13H18O2S. The molecule has 3 heteroatoms. The fourth-order valence-electron chi connectivity index (χ4n) is 1.20. The molecule has 0 heterocycles. The fraction of sp³-hybridized carbons (Fsp3) is 0.462. The van der Waals surface area contributed by atoms with Gasteiger partial charge < -0.3 is 5.11 Å². The maximum Gasteiger partial charge on any atom is 0.319 e. The Morgan fingerprint density at radius 2 is 1.75 bits per heavy atom. The van der Waals surface area contributed by atoms with E-state index < -0.39 is 10.7 Å². The van der Waals surface area contributed by atoms with Crippen LogP contribution in [-0.4, -0.2) is 15.8 Å². The molecule has 88 valence electrons. The van der Waals surface area contributed by atoms with Crippen LogP contribution in [0.4, 0.5) is 0 Å². The normalized spacial score (nSPS) is 11.4. The van der Waals surface area contributed by atoms with E-state index in [9.17, 15) is 4.79 Å². The lowest BCUT2D eigenvalue weighted by molar-refractivity contribution is -0.138. The van der Waals surface area contributed by atoms with Crippen molar-refractivity contribution in [2.75, 3.05) is 0 Å². The summed E-state index contributed by atoms with van der Waals surface area (Å²) in [5.41, 5.74) is 2.49. The summed E-state index contributed by atoms with van der Waals surface area (Å²) < 4.78 is -0.719. The van der Waals surface area contributed by atoms with Gasteiger partial charge in [-0.15, -0.1) is 11.8 Å². The van der Waals surface area contributed by atoms with Crippen LogP contribution in [0.5, 0.6) is 0 Å². The second kappa shape index (κ2) is 5.39. The molecule has 1 N–H and O–H groups in total. The number of benzene rings is 1. The maximum atomic E-state index is 10.9. The highest BCUT2D eigenvalue weighted by molar-refractivity contribution is 8.00. The Morgan fingerprint density at radius 3 is 2.19 bits per heavy atom. The van der Waals surface area contributed by atoms with Crippen molar-refractivity contribution in [1.82, 2.24) is 0 Å². The molecule has 16 heavy (non-hydrogen) atoms. The Balaban J connectivity index is 2.58. The van der Waals surface area contributed by atoms with Gasteiger partial charge in [-0.2, -0.15) is 0 Å². The van der Waals surface area contributed by atoms with E-state index in [2.05, 4.69) is 31.2 Å². The Kier molecular flexibility index (Phi) is 4.42. The van der Waals surface area contributed by atoms with Crippen LogP contribution >= 0.6 is 11.8 Å². The van der Waals surface area contributed by atoms with Gasteiger partial charge in [-0.25, -0.2) is 0 Å². The van der Waals surface area contributed by atoms with Gasteiger partial charge in [0, 0.05) is 5.75 Å². The lowest BCUT2D eigenvalue weighted by atomic mass is 10.1. The van der Waals surface area contributed by atoms with Gasteiger partial charge in [0.05, 0.1) is 0 Å². The van der Waals surface area contributed by atoms with E-state index >= 15 is 0 Å². The Bertz CT molecular complexity index is 355. The number of carbonyl (C=O) groups is 1. The number of carboxylic acids is 1. The fourth-order valence-corrected chi connectivity index (χ4v) is 2.04. The van der Waals surface area contributed by atoms with Crippen molar-refractivity contribution in [1.29, 1.82) is 0 Å². The standard InChI is InChI=1S/C13H18O2S/c1-4-10-5-7-11(8-6-10)9-16-13(2,3)12(14)15/h5-8H,4,9H2,1-3H3,(H,14,15). The van der Waals surface area contributed by atoms with Gasteiger partial charge in [0.25, 0.3) is 0 Å². The van der Waals surface area contributed by atoms with E-state index in [0.717, 1.165) is 12.2 Å². The van der Waals surface area contributed by atoms with Gasteiger partial charge in [0.15, 0.2) is 0 Å². The van der Waals surface area contributed by atoms with Gasteiger partial charge in [-0.1, -0.05) is 31.2 Å². The maximum absolute atomic E-state index is 10.9. The van der Waals surface area contributed by atoms with Crippen LogP contribution in [0.25, 0.3) is 0 Å². The molecule has 0 aromatic heterocycles. The molecule has 0 unspecified atom stereocenters. The molecule has 0 amide bonds. The molecule has 0 saturated carbocycles. The van der Waals surface area contributed by atoms with Crippen LogP contribution < -0.4 is 0 Å². The average Bonchev–Trinajstić information content (AvgIpc) is 2.27. The summed E-state index contributed by atoms with van der Waals surface area (Å²) in [5.74, 6) is -0.0220. The minimum Gasteiger partial charge on any atom is -0.480 e. The number of hydrogen-bond acceptors (Lipinski definition) is 2. The van der Waals surface area contributed by atoms with Crippen molar-refractivity contribution < 1.29 is 9.90 Å². The highest BCUT2D eigenvalue weighted by atomic mass is 32.2. The quantitative estimate of drug-likeness (QED) is 0.854. The molecule has 0 radical (unpaired) electrons. The predicted octanol–water partition coefficient (Wildman–Crippen LogP) is 3.35. The first kappa shape index (κ1) is 13.1. The summed E-state index contributed by atoms with van der Waals surface area (Å²) in [5, 5.41) is 8.98. The SMILES string of the molecule is CCc1ccc(CSC(C)(C)C(=O)O)cc1. The molecule has 0 aliphatic heterocycles. The van der Waals surface area contributed by atoms with Gasteiger partial charge in [-0.05, 0) is 31.4 Å². The number of thioether (sulfide) groups is 1. The van der Waals surface area contributed by atoms with Gasteiger partial charge in [-0.3, -0.25) is 4.79 Å². The van der Waals surface area contributed by atoms with Crippen LogP contribution in [-0.2, 0) is 17.0 Å². The molecule has 1 rings (SSSR count). The van der Waals surface area contributed by atoms with Crippen molar-refractivity contribution in [3.05, 3.63) is 35.4 Å². The number of aryl methyl sites for hydroxylation is 1. The number of hydrogen-bond donors (Lipinski definition) is 1. The van der Waals surface area contributed by atoms with E-state index in [1.165, 1.54) is 22.9 Å². The average molecular weight is 238 g/mol. The minimum absolute atomic E-state index is 0.719. The third-order valence-electron chi connectivity index (χ3n) is 2.55. The molecule has 0 aliphatic rings. The van der Waals surface area contributed by atoms with Crippen molar-refractivity contribution >= 4 is 17.7 Å². The first-order valence-electron chi connectivity index (χ1n) is 5.41. The van der Waals surface area contributed by atoms with Crippen LogP contribution in [0, 0.1) is 0 Å². The first-order chi connectivity index (χ1) is 7.45. The van der Waals surface area contributed by atoms with Crippen LogP contribution in [0.3, 0.4) is 0 Å². The molecule has 0 spiro atoms.